The van der Waals surface area contributed by atoms with Crippen LogP contribution in [0.2, 0.25) is 0 Å². The molecule has 0 atom stereocenters. The first-order valence-electron chi connectivity index (χ1n) is 5.10. The fraction of sp³-hybridized carbons (Fsp3) is 0.0909. The Kier molecular flexibility index (Phi) is 2.67. The minimum Gasteiger partial charge on any atom is -0.492 e. The number of hydrogen-bond donors (Lipinski definition) is 2. The van der Waals surface area contributed by atoms with Gasteiger partial charge in [0.05, 0.1) is 10.7 Å². The van der Waals surface area contributed by atoms with E-state index in [2.05, 4.69) is 31.2 Å². The standard InChI is InChI=1S/C11H8BrN3O3/c12-7-4-13-11(15-10(7)16)14-6-1-2-8-9(3-6)18-5-17-8/h1-4H,5H2,(H2,13,14,15,16). The van der Waals surface area contributed by atoms with Gasteiger partial charge in [0.1, 0.15) is 0 Å². The summed E-state index contributed by atoms with van der Waals surface area (Å²) in [6.45, 7) is 0.231. The molecule has 18 heavy (non-hydrogen) atoms. The second-order valence-corrected chi connectivity index (χ2v) is 4.41. The normalized spacial score (nSPS) is 12.5. The van der Waals surface area contributed by atoms with E-state index < -0.39 is 0 Å². The molecular weight excluding hydrogens is 302 g/mol. The van der Waals surface area contributed by atoms with Gasteiger partial charge in [0.2, 0.25) is 18.6 Å². The third-order valence-electron chi connectivity index (χ3n) is 2.35. The van der Waals surface area contributed by atoms with Crippen molar-refractivity contribution in [3.05, 3.63) is 28.9 Å². The topological polar surface area (TPSA) is 76.5 Å². The van der Waals surface area contributed by atoms with E-state index in [0.717, 1.165) is 5.69 Å². The number of hydrogen-bond acceptors (Lipinski definition) is 6. The van der Waals surface area contributed by atoms with Crippen molar-refractivity contribution in [1.29, 1.82) is 0 Å². The molecule has 3 rings (SSSR count). The summed E-state index contributed by atoms with van der Waals surface area (Å²) in [6, 6.07) is 5.39. The van der Waals surface area contributed by atoms with Gasteiger partial charge in [-0.05, 0) is 28.1 Å². The van der Waals surface area contributed by atoms with E-state index in [4.69, 9.17) is 9.47 Å². The Labute approximate surface area is 111 Å². The average molecular weight is 310 g/mol. The summed E-state index contributed by atoms with van der Waals surface area (Å²) in [7, 11) is 0. The van der Waals surface area contributed by atoms with Gasteiger partial charge in [-0.1, -0.05) is 0 Å². The lowest BCUT2D eigenvalue weighted by atomic mass is 10.3. The maximum atomic E-state index is 9.45. The van der Waals surface area contributed by atoms with Crippen LogP contribution in [0.25, 0.3) is 0 Å². The van der Waals surface area contributed by atoms with E-state index in [1.807, 2.05) is 6.07 Å². The lowest BCUT2D eigenvalue weighted by Gasteiger charge is -2.06. The van der Waals surface area contributed by atoms with E-state index in [-0.39, 0.29) is 12.7 Å². The Morgan fingerprint density at radius 3 is 2.94 bits per heavy atom. The number of ether oxygens (including phenoxy) is 2. The Hall–Kier alpha value is -2.02. The summed E-state index contributed by atoms with van der Waals surface area (Å²) < 4.78 is 10.9. The van der Waals surface area contributed by atoms with E-state index in [9.17, 15) is 5.11 Å². The molecule has 0 spiro atoms. The molecule has 0 saturated heterocycles. The second kappa shape index (κ2) is 4.34. The highest BCUT2D eigenvalue weighted by atomic mass is 79.9. The maximum Gasteiger partial charge on any atom is 0.231 e. The van der Waals surface area contributed by atoms with Gasteiger partial charge in [-0.2, -0.15) is 4.98 Å². The first-order valence-corrected chi connectivity index (χ1v) is 5.90. The molecule has 0 saturated carbocycles. The number of aromatic hydroxyl groups is 1. The minimum absolute atomic E-state index is 0.117. The van der Waals surface area contributed by atoms with Crippen molar-refractivity contribution in [2.24, 2.45) is 0 Å². The number of aromatic nitrogens is 2. The fourth-order valence-electron chi connectivity index (χ4n) is 1.52. The monoisotopic (exact) mass is 309 g/mol. The summed E-state index contributed by atoms with van der Waals surface area (Å²) >= 11 is 3.12. The van der Waals surface area contributed by atoms with Crippen LogP contribution in [0.15, 0.2) is 28.9 Å². The number of nitrogens with zero attached hydrogens (tertiary/aromatic N) is 2. The van der Waals surface area contributed by atoms with Crippen LogP contribution in [-0.2, 0) is 0 Å². The lowest BCUT2D eigenvalue weighted by Crippen LogP contribution is -1.96. The number of rotatable bonds is 2. The van der Waals surface area contributed by atoms with Gasteiger partial charge >= 0.3 is 0 Å². The van der Waals surface area contributed by atoms with Crippen LogP contribution >= 0.6 is 15.9 Å². The second-order valence-electron chi connectivity index (χ2n) is 3.56. The molecular formula is C11H8BrN3O3. The van der Waals surface area contributed by atoms with E-state index >= 15 is 0 Å². The molecule has 2 aromatic rings. The van der Waals surface area contributed by atoms with Crippen LogP contribution in [0, 0.1) is 0 Å². The van der Waals surface area contributed by atoms with Crippen molar-refractivity contribution in [3.63, 3.8) is 0 Å². The van der Waals surface area contributed by atoms with E-state index in [1.54, 1.807) is 12.1 Å². The lowest BCUT2D eigenvalue weighted by molar-refractivity contribution is 0.174. The first kappa shape index (κ1) is 11.1. The van der Waals surface area contributed by atoms with Gasteiger partial charge in [-0.15, -0.1) is 0 Å². The third kappa shape index (κ3) is 2.04. The van der Waals surface area contributed by atoms with Crippen LogP contribution in [0.4, 0.5) is 11.6 Å². The zero-order chi connectivity index (χ0) is 12.5. The first-order chi connectivity index (χ1) is 8.72. The Morgan fingerprint density at radius 1 is 1.28 bits per heavy atom. The van der Waals surface area contributed by atoms with Crippen LogP contribution < -0.4 is 14.8 Å². The average Bonchev–Trinajstić information content (AvgIpc) is 2.81. The van der Waals surface area contributed by atoms with Crippen LogP contribution in [0.5, 0.6) is 17.4 Å². The molecule has 1 aliphatic heterocycles. The molecule has 92 valence electrons. The van der Waals surface area contributed by atoms with Gasteiger partial charge in [-0.3, -0.25) is 0 Å². The van der Waals surface area contributed by atoms with Crippen LogP contribution in [0.3, 0.4) is 0 Å². The van der Waals surface area contributed by atoms with Gasteiger partial charge in [0.15, 0.2) is 11.5 Å². The van der Waals surface area contributed by atoms with E-state index in [0.29, 0.717) is 21.9 Å². The van der Waals surface area contributed by atoms with Crippen molar-refractivity contribution in [2.45, 2.75) is 0 Å². The molecule has 0 bridgehead atoms. The van der Waals surface area contributed by atoms with Crippen LogP contribution in [-0.4, -0.2) is 21.9 Å². The van der Waals surface area contributed by atoms with Crippen LogP contribution in [0.1, 0.15) is 0 Å². The minimum atomic E-state index is -0.117. The molecule has 2 N–H and O–H groups in total. The van der Waals surface area contributed by atoms with Crippen molar-refractivity contribution < 1.29 is 14.6 Å². The molecule has 0 aliphatic carbocycles. The summed E-state index contributed by atoms with van der Waals surface area (Å²) in [4.78, 5) is 7.90. The van der Waals surface area contributed by atoms with E-state index in [1.165, 1.54) is 6.20 Å². The molecule has 1 aromatic carbocycles. The highest BCUT2D eigenvalue weighted by Crippen LogP contribution is 2.35. The fourth-order valence-corrected chi connectivity index (χ4v) is 1.71. The smallest absolute Gasteiger partial charge is 0.231 e. The summed E-state index contributed by atoms with van der Waals surface area (Å²) in [5, 5.41) is 12.4. The molecule has 1 aliphatic rings. The summed E-state index contributed by atoms with van der Waals surface area (Å²) in [5.74, 6) is 1.56. The molecule has 6 nitrogen and oxygen atoms in total. The molecule has 7 heteroatoms. The zero-order valence-electron chi connectivity index (χ0n) is 9.05. The Morgan fingerprint density at radius 2 is 2.11 bits per heavy atom. The molecule has 0 radical (unpaired) electrons. The summed E-state index contributed by atoms with van der Waals surface area (Å²) in [5.41, 5.74) is 0.751. The quantitative estimate of drug-likeness (QED) is 0.887. The SMILES string of the molecule is Oc1nc(Nc2ccc3c(c2)OCO3)ncc1Br. The maximum absolute atomic E-state index is 9.45. The van der Waals surface area contributed by atoms with Gasteiger partial charge < -0.3 is 19.9 Å². The molecule has 1 aromatic heterocycles. The van der Waals surface area contributed by atoms with Crippen molar-refractivity contribution in [1.82, 2.24) is 9.97 Å². The molecule has 2 heterocycles. The third-order valence-corrected chi connectivity index (χ3v) is 2.91. The molecule has 0 unspecified atom stereocenters. The number of anilines is 2. The number of benzene rings is 1. The van der Waals surface area contributed by atoms with Crippen molar-refractivity contribution >= 4 is 27.6 Å². The molecule has 0 amide bonds. The predicted molar refractivity (Wildman–Crippen MR) is 67.2 cm³/mol. The van der Waals surface area contributed by atoms with Crippen molar-refractivity contribution in [3.8, 4) is 17.4 Å². The van der Waals surface area contributed by atoms with Gasteiger partial charge in [0, 0.05) is 11.8 Å². The largest absolute Gasteiger partial charge is 0.492 e. The number of fused-ring (bicyclic) bond motifs is 1. The van der Waals surface area contributed by atoms with Gasteiger partial charge in [0.25, 0.3) is 0 Å². The molecule has 0 fully saturated rings. The Bertz CT molecular complexity index is 606. The zero-order valence-corrected chi connectivity index (χ0v) is 10.6. The Balaban J connectivity index is 1.85. The van der Waals surface area contributed by atoms with Gasteiger partial charge in [-0.25, -0.2) is 4.98 Å². The highest BCUT2D eigenvalue weighted by molar-refractivity contribution is 9.10. The highest BCUT2D eigenvalue weighted by Gasteiger charge is 2.13. The number of nitrogens with one attached hydrogen (secondary N) is 1. The number of halogens is 1. The summed E-state index contributed by atoms with van der Waals surface area (Å²) in [6.07, 6.45) is 1.47. The van der Waals surface area contributed by atoms with Crippen molar-refractivity contribution in [2.75, 3.05) is 12.1 Å². The predicted octanol–water partition coefficient (Wildman–Crippen LogP) is 2.42.